The minimum atomic E-state index is -0.769. The van der Waals surface area contributed by atoms with Gasteiger partial charge in [0.05, 0.1) is 11.7 Å². The molecule has 4 nitrogen and oxygen atoms in total. The van der Waals surface area contributed by atoms with Gasteiger partial charge in [-0.05, 0) is 81.5 Å². The lowest BCUT2D eigenvalue weighted by Crippen LogP contribution is -2.76. The first-order valence-corrected chi connectivity index (χ1v) is 11.8. The van der Waals surface area contributed by atoms with E-state index in [0.717, 1.165) is 38.4 Å². The number of hydrogen-bond donors (Lipinski definition) is 3. The fourth-order valence-corrected chi connectivity index (χ4v) is 6.65. The summed E-state index contributed by atoms with van der Waals surface area (Å²) in [5, 5.41) is 27.2. The second-order valence-corrected chi connectivity index (χ2v) is 11.0. The first kappa shape index (κ1) is 20.0. The molecule has 0 unspecified atom stereocenters. The number of fused-ring (bicyclic) bond motifs is 1. The zero-order valence-corrected chi connectivity index (χ0v) is 18.3. The first-order chi connectivity index (χ1) is 13.8. The van der Waals surface area contributed by atoms with Crippen LogP contribution in [0, 0.1) is 18.8 Å². The van der Waals surface area contributed by atoms with E-state index in [1.54, 1.807) is 0 Å². The van der Waals surface area contributed by atoms with Crippen LogP contribution in [0.5, 0.6) is 0 Å². The molecular weight excluding hydrogens is 360 g/mol. The molecule has 0 amide bonds. The Balaban J connectivity index is 1.55. The number of nitrogens with zero attached hydrogens (tertiary/aromatic N) is 1. The molecule has 0 aromatic heterocycles. The van der Waals surface area contributed by atoms with E-state index in [4.69, 9.17) is 0 Å². The SMILES string of the molecule is Cc1ccc2c(c1)[C@]13CCN(CC4CC4)[C@H](C2)[C@]1(O)C[C@@H](NCC(C)C)[C@H](O)C3. The van der Waals surface area contributed by atoms with Crippen molar-refractivity contribution in [3.63, 3.8) is 0 Å². The van der Waals surface area contributed by atoms with Crippen LogP contribution in [0.3, 0.4) is 0 Å². The fraction of sp³-hybridized carbons (Fsp3) is 0.760. The number of hydrogen-bond acceptors (Lipinski definition) is 4. The third-order valence-electron chi connectivity index (χ3n) is 8.37. The number of rotatable bonds is 5. The van der Waals surface area contributed by atoms with Crippen molar-refractivity contribution >= 4 is 0 Å². The summed E-state index contributed by atoms with van der Waals surface area (Å²) in [5.74, 6) is 1.36. The molecule has 4 aliphatic rings. The van der Waals surface area contributed by atoms with E-state index in [1.165, 1.54) is 29.5 Å². The Hall–Kier alpha value is -0.940. The van der Waals surface area contributed by atoms with Crippen LogP contribution in [-0.2, 0) is 11.8 Å². The molecule has 1 saturated heterocycles. The third-order valence-corrected chi connectivity index (χ3v) is 8.37. The van der Waals surface area contributed by atoms with E-state index < -0.39 is 11.7 Å². The van der Waals surface area contributed by atoms with E-state index in [2.05, 4.69) is 49.2 Å². The monoisotopic (exact) mass is 398 g/mol. The Bertz CT molecular complexity index is 776. The van der Waals surface area contributed by atoms with Crippen LogP contribution in [0.4, 0.5) is 0 Å². The van der Waals surface area contributed by atoms with Crippen LogP contribution in [0.15, 0.2) is 18.2 Å². The topological polar surface area (TPSA) is 55.7 Å². The van der Waals surface area contributed by atoms with Crippen molar-refractivity contribution in [3.8, 4) is 0 Å². The molecule has 3 N–H and O–H groups in total. The molecule has 5 atom stereocenters. The summed E-state index contributed by atoms with van der Waals surface area (Å²) < 4.78 is 0. The Morgan fingerprint density at radius 1 is 1.24 bits per heavy atom. The Kier molecular flexibility index (Phi) is 4.86. The van der Waals surface area contributed by atoms with Gasteiger partial charge in [-0.2, -0.15) is 0 Å². The van der Waals surface area contributed by atoms with Gasteiger partial charge in [0.1, 0.15) is 0 Å². The molecule has 0 radical (unpaired) electrons. The highest BCUT2D eigenvalue weighted by atomic mass is 16.3. The average Bonchev–Trinajstić information content (AvgIpc) is 3.47. The Morgan fingerprint density at radius 3 is 2.76 bits per heavy atom. The van der Waals surface area contributed by atoms with E-state index in [1.807, 2.05) is 0 Å². The molecule has 29 heavy (non-hydrogen) atoms. The van der Waals surface area contributed by atoms with Gasteiger partial charge in [-0.1, -0.05) is 37.6 Å². The van der Waals surface area contributed by atoms with Gasteiger partial charge in [-0.3, -0.25) is 4.90 Å². The van der Waals surface area contributed by atoms with Crippen molar-refractivity contribution in [2.75, 3.05) is 19.6 Å². The number of likely N-dealkylation sites (tertiary alicyclic amines) is 1. The third kappa shape index (κ3) is 3.18. The van der Waals surface area contributed by atoms with Crippen molar-refractivity contribution in [1.29, 1.82) is 0 Å². The summed E-state index contributed by atoms with van der Waals surface area (Å²) in [5.41, 5.74) is 2.89. The Morgan fingerprint density at radius 2 is 2.03 bits per heavy atom. The predicted molar refractivity (Wildman–Crippen MR) is 116 cm³/mol. The predicted octanol–water partition coefficient (Wildman–Crippen LogP) is 2.77. The molecule has 3 fully saturated rings. The summed E-state index contributed by atoms with van der Waals surface area (Å²) in [6.45, 7) is 9.62. The lowest BCUT2D eigenvalue weighted by atomic mass is 9.48. The fourth-order valence-electron chi connectivity index (χ4n) is 6.65. The molecule has 2 saturated carbocycles. The molecule has 3 aliphatic carbocycles. The van der Waals surface area contributed by atoms with Crippen molar-refractivity contribution in [2.24, 2.45) is 11.8 Å². The van der Waals surface area contributed by atoms with Gasteiger partial charge < -0.3 is 15.5 Å². The van der Waals surface area contributed by atoms with Crippen LogP contribution < -0.4 is 5.32 Å². The number of aliphatic hydroxyl groups excluding tert-OH is 1. The maximum atomic E-state index is 12.5. The van der Waals surface area contributed by atoms with Gasteiger partial charge >= 0.3 is 0 Å². The van der Waals surface area contributed by atoms with E-state index in [9.17, 15) is 10.2 Å². The van der Waals surface area contributed by atoms with Crippen molar-refractivity contribution < 1.29 is 10.2 Å². The van der Waals surface area contributed by atoms with Crippen molar-refractivity contribution in [1.82, 2.24) is 10.2 Å². The zero-order chi connectivity index (χ0) is 20.4. The van der Waals surface area contributed by atoms with Gasteiger partial charge in [-0.25, -0.2) is 0 Å². The van der Waals surface area contributed by atoms with E-state index in [0.29, 0.717) is 18.8 Å². The van der Waals surface area contributed by atoms with Crippen molar-refractivity contribution in [3.05, 3.63) is 34.9 Å². The molecule has 1 heterocycles. The number of benzene rings is 1. The molecule has 1 aliphatic heterocycles. The summed E-state index contributed by atoms with van der Waals surface area (Å²) in [7, 11) is 0. The maximum absolute atomic E-state index is 12.5. The number of nitrogens with one attached hydrogen (secondary N) is 1. The van der Waals surface area contributed by atoms with Gasteiger partial charge in [-0.15, -0.1) is 0 Å². The van der Waals surface area contributed by atoms with Crippen molar-refractivity contribution in [2.45, 2.75) is 88.5 Å². The van der Waals surface area contributed by atoms with Gasteiger partial charge in [0.15, 0.2) is 0 Å². The highest BCUT2D eigenvalue weighted by Gasteiger charge is 2.66. The summed E-state index contributed by atoms with van der Waals surface area (Å²) in [4.78, 5) is 2.61. The minimum absolute atomic E-state index is 0.0229. The van der Waals surface area contributed by atoms with Crippen LogP contribution >= 0.6 is 0 Å². The second-order valence-electron chi connectivity index (χ2n) is 11.0. The molecule has 0 spiro atoms. The lowest BCUT2D eigenvalue weighted by Gasteiger charge is -2.65. The molecule has 4 heteroatoms. The number of aliphatic hydroxyl groups is 2. The molecule has 2 bridgehead atoms. The summed E-state index contributed by atoms with van der Waals surface area (Å²) in [6.07, 6.45) is 5.50. The zero-order valence-electron chi connectivity index (χ0n) is 18.3. The summed E-state index contributed by atoms with van der Waals surface area (Å²) >= 11 is 0. The second kappa shape index (κ2) is 7.05. The lowest BCUT2D eigenvalue weighted by molar-refractivity contribution is -0.190. The molecule has 1 aromatic rings. The highest BCUT2D eigenvalue weighted by Crippen LogP contribution is 2.58. The molecule has 160 valence electrons. The average molecular weight is 399 g/mol. The van der Waals surface area contributed by atoms with E-state index in [-0.39, 0.29) is 17.5 Å². The summed E-state index contributed by atoms with van der Waals surface area (Å²) in [6, 6.07) is 6.96. The first-order valence-electron chi connectivity index (χ1n) is 11.8. The highest BCUT2D eigenvalue weighted by molar-refractivity contribution is 5.47. The smallest absolute Gasteiger partial charge is 0.0918 e. The maximum Gasteiger partial charge on any atom is 0.0918 e. The number of aryl methyl sites for hydroxylation is 1. The van der Waals surface area contributed by atoms with Gasteiger partial charge in [0.2, 0.25) is 0 Å². The standard InChI is InChI=1S/C25H38N2O2/c1-16(2)14-26-21-12-25(29)23-11-19-7-4-17(3)10-20(19)24(25,13-22(21)28)8-9-27(23)15-18-5-6-18/h4,7,10,16,18,21-23,26,28-29H,5-6,8-9,11-15H2,1-3H3/t21-,22-,23-,24-,25-/m1/s1. The van der Waals surface area contributed by atoms with E-state index >= 15 is 0 Å². The quantitative estimate of drug-likeness (QED) is 0.714. The van der Waals surface area contributed by atoms with Crippen LogP contribution in [-0.4, -0.2) is 58.5 Å². The normalized spacial score (nSPS) is 39.3. The molecule has 5 rings (SSSR count). The number of piperidine rings is 1. The Labute approximate surface area is 175 Å². The van der Waals surface area contributed by atoms with Crippen LogP contribution in [0.25, 0.3) is 0 Å². The van der Waals surface area contributed by atoms with Crippen LogP contribution in [0.1, 0.15) is 62.6 Å². The van der Waals surface area contributed by atoms with Crippen LogP contribution in [0.2, 0.25) is 0 Å². The van der Waals surface area contributed by atoms with Gasteiger partial charge in [0, 0.05) is 24.0 Å². The minimum Gasteiger partial charge on any atom is -0.391 e. The largest absolute Gasteiger partial charge is 0.391 e. The molecule has 1 aromatic carbocycles. The molecular formula is C25H38N2O2. The van der Waals surface area contributed by atoms with Gasteiger partial charge in [0.25, 0.3) is 0 Å².